The lowest BCUT2D eigenvalue weighted by molar-refractivity contribution is 0.103. The summed E-state index contributed by atoms with van der Waals surface area (Å²) in [6.07, 6.45) is 9.73. The second kappa shape index (κ2) is 5.10. The van der Waals surface area contributed by atoms with Gasteiger partial charge in [0.05, 0.1) is 0 Å². The maximum Gasteiger partial charge on any atom is 0.0223 e. The Labute approximate surface area is 112 Å². The maximum atomic E-state index is 5.97. The number of nitrogens with zero attached hydrogens (tertiary/aromatic N) is 2. The van der Waals surface area contributed by atoms with Gasteiger partial charge in [-0.25, -0.2) is 0 Å². The van der Waals surface area contributed by atoms with Crippen LogP contribution in [0.4, 0.5) is 0 Å². The molecule has 3 rings (SSSR count). The van der Waals surface area contributed by atoms with E-state index >= 15 is 0 Å². The van der Waals surface area contributed by atoms with Gasteiger partial charge in [0.1, 0.15) is 0 Å². The molecule has 1 aliphatic carbocycles. The van der Waals surface area contributed by atoms with Gasteiger partial charge in [-0.2, -0.15) is 0 Å². The molecule has 1 saturated carbocycles. The van der Waals surface area contributed by atoms with Gasteiger partial charge in [-0.1, -0.05) is 6.42 Å². The molecule has 0 aromatic heterocycles. The standard InChI is InChI=1S/C15H29N3/c1-17-13-3-4-14(17)11-18(9-5-13)10-8-15(12-16)6-2-7-15/h13-14H,2-12,16H2,1H3. The summed E-state index contributed by atoms with van der Waals surface area (Å²) in [6.45, 7) is 4.81. The van der Waals surface area contributed by atoms with E-state index in [1.807, 2.05) is 0 Å². The molecule has 3 heteroatoms. The van der Waals surface area contributed by atoms with Gasteiger partial charge in [-0.3, -0.25) is 4.90 Å². The lowest BCUT2D eigenvalue weighted by Gasteiger charge is -2.42. The van der Waals surface area contributed by atoms with E-state index in [0.29, 0.717) is 5.41 Å². The largest absolute Gasteiger partial charge is 0.330 e. The van der Waals surface area contributed by atoms with Gasteiger partial charge in [0.15, 0.2) is 0 Å². The molecule has 2 N–H and O–H groups in total. The van der Waals surface area contributed by atoms with E-state index in [2.05, 4.69) is 16.8 Å². The highest BCUT2D eigenvalue weighted by atomic mass is 15.3. The Hall–Kier alpha value is -0.120. The van der Waals surface area contributed by atoms with E-state index in [0.717, 1.165) is 18.6 Å². The zero-order chi connectivity index (χ0) is 12.6. The molecule has 18 heavy (non-hydrogen) atoms. The van der Waals surface area contributed by atoms with Gasteiger partial charge in [-0.05, 0) is 70.6 Å². The fourth-order valence-electron chi connectivity index (χ4n) is 4.21. The Morgan fingerprint density at radius 2 is 1.94 bits per heavy atom. The molecule has 2 aliphatic heterocycles. The van der Waals surface area contributed by atoms with Gasteiger partial charge >= 0.3 is 0 Å². The fourth-order valence-corrected chi connectivity index (χ4v) is 4.21. The Bertz CT molecular complexity index is 282. The molecule has 3 fully saturated rings. The summed E-state index contributed by atoms with van der Waals surface area (Å²) in [7, 11) is 2.33. The Morgan fingerprint density at radius 1 is 1.17 bits per heavy atom. The van der Waals surface area contributed by atoms with Crippen molar-refractivity contribution in [2.75, 3.05) is 33.2 Å². The van der Waals surface area contributed by atoms with Gasteiger partial charge in [-0.15, -0.1) is 0 Å². The Kier molecular flexibility index (Phi) is 3.65. The SMILES string of the molecule is CN1C2CCC1CN(CCC1(CN)CCC1)CC2. The monoisotopic (exact) mass is 251 g/mol. The van der Waals surface area contributed by atoms with Crippen molar-refractivity contribution in [1.82, 2.24) is 9.80 Å². The second-order valence-corrected chi connectivity index (χ2v) is 6.95. The molecule has 2 bridgehead atoms. The highest BCUT2D eigenvalue weighted by Crippen LogP contribution is 2.43. The van der Waals surface area contributed by atoms with Crippen molar-refractivity contribution in [3.05, 3.63) is 0 Å². The molecule has 0 aromatic rings. The Morgan fingerprint density at radius 3 is 2.61 bits per heavy atom. The number of likely N-dealkylation sites (N-methyl/N-ethyl adjacent to an activating group) is 1. The first-order valence-corrected chi connectivity index (χ1v) is 7.87. The van der Waals surface area contributed by atoms with E-state index in [1.165, 1.54) is 64.6 Å². The number of rotatable bonds is 4. The van der Waals surface area contributed by atoms with Crippen molar-refractivity contribution in [2.45, 2.75) is 57.0 Å². The summed E-state index contributed by atoms with van der Waals surface area (Å²) in [6, 6.07) is 1.69. The minimum atomic E-state index is 0.525. The third kappa shape index (κ3) is 2.33. The van der Waals surface area contributed by atoms with Gasteiger partial charge in [0.25, 0.3) is 0 Å². The van der Waals surface area contributed by atoms with Crippen molar-refractivity contribution in [1.29, 1.82) is 0 Å². The van der Waals surface area contributed by atoms with E-state index in [4.69, 9.17) is 5.73 Å². The summed E-state index contributed by atoms with van der Waals surface area (Å²) in [5.41, 5.74) is 6.50. The number of hydrogen-bond donors (Lipinski definition) is 1. The minimum absolute atomic E-state index is 0.525. The first-order chi connectivity index (χ1) is 8.72. The van der Waals surface area contributed by atoms with Gasteiger partial charge in [0, 0.05) is 18.6 Å². The zero-order valence-corrected chi connectivity index (χ0v) is 11.9. The van der Waals surface area contributed by atoms with E-state index in [1.54, 1.807) is 0 Å². The molecule has 3 nitrogen and oxygen atoms in total. The lowest BCUT2D eigenvalue weighted by Crippen LogP contribution is -2.42. The van der Waals surface area contributed by atoms with Crippen LogP contribution in [0.25, 0.3) is 0 Å². The van der Waals surface area contributed by atoms with Crippen molar-refractivity contribution >= 4 is 0 Å². The molecule has 2 atom stereocenters. The zero-order valence-electron chi connectivity index (χ0n) is 11.9. The molecular weight excluding hydrogens is 222 g/mol. The molecule has 2 heterocycles. The van der Waals surface area contributed by atoms with Crippen molar-refractivity contribution in [3.63, 3.8) is 0 Å². The molecule has 0 aromatic carbocycles. The van der Waals surface area contributed by atoms with Crippen molar-refractivity contribution < 1.29 is 0 Å². The molecule has 104 valence electrons. The van der Waals surface area contributed by atoms with Crippen LogP contribution in [0.5, 0.6) is 0 Å². The van der Waals surface area contributed by atoms with E-state index < -0.39 is 0 Å². The molecule has 0 radical (unpaired) electrons. The average Bonchev–Trinajstić information content (AvgIpc) is 2.55. The molecule has 0 spiro atoms. The molecular formula is C15H29N3. The van der Waals surface area contributed by atoms with Crippen LogP contribution in [0.15, 0.2) is 0 Å². The minimum Gasteiger partial charge on any atom is -0.330 e. The van der Waals surface area contributed by atoms with Gasteiger partial charge < -0.3 is 10.6 Å². The average molecular weight is 251 g/mol. The van der Waals surface area contributed by atoms with Gasteiger partial charge in [0.2, 0.25) is 0 Å². The van der Waals surface area contributed by atoms with Crippen molar-refractivity contribution in [2.24, 2.45) is 11.1 Å². The molecule has 3 aliphatic rings. The van der Waals surface area contributed by atoms with Crippen LogP contribution in [0.3, 0.4) is 0 Å². The summed E-state index contributed by atoms with van der Waals surface area (Å²) in [5.74, 6) is 0. The Balaban J connectivity index is 1.51. The van der Waals surface area contributed by atoms with Crippen LogP contribution in [0.1, 0.15) is 44.9 Å². The van der Waals surface area contributed by atoms with E-state index in [-0.39, 0.29) is 0 Å². The first-order valence-electron chi connectivity index (χ1n) is 7.87. The summed E-state index contributed by atoms with van der Waals surface area (Å²) in [5, 5.41) is 0. The summed E-state index contributed by atoms with van der Waals surface area (Å²) in [4.78, 5) is 5.36. The molecule has 2 saturated heterocycles. The van der Waals surface area contributed by atoms with Crippen LogP contribution in [0.2, 0.25) is 0 Å². The highest BCUT2D eigenvalue weighted by Gasteiger charge is 2.37. The molecule has 2 unspecified atom stereocenters. The highest BCUT2D eigenvalue weighted by molar-refractivity contribution is 4.93. The third-order valence-corrected chi connectivity index (χ3v) is 6.04. The first kappa shape index (κ1) is 12.9. The number of fused-ring (bicyclic) bond motifs is 2. The second-order valence-electron chi connectivity index (χ2n) is 6.95. The van der Waals surface area contributed by atoms with Crippen LogP contribution >= 0.6 is 0 Å². The summed E-state index contributed by atoms with van der Waals surface area (Å²) < 4.78 is 0. The smallest absolute Gasteiger partial charge is 0.0223 e. The quantitative estimate of drug-likeness (QED) is 0.825. The summed E-state index contributed by atoms with van der Waals surface area (Å²) >= 11 is 0. The van der Waals surface area contributed by atoms with Crippen LogP contribution in [0, 0.1) is 5.41 Å². The lowest BCUT2D eigenvalue weighted by atomic mass is 9.66. The van der Waals surface area contributed by atoms with Crippen molar-refractivity contribution in [3.8, 4) is 0 Å². The number of nitrogens with two attached hydrogens (primary N) is 1. The molecule has 0 amide bonds. The van der Waals surface area contributed by atoms with Crippen LogP contribution < -0.4 is 5.73 Å². The third-order valence-electron chi connectivity index (χ3n) is 6.04. The number of likely N-dealkylation sites (tertiary alicyclic amines) is 1. The predicted molar refractivity (Wildman–Crippen MR) is 75.6 cm³/mol. The van der Waals surface area contributed by atoms with Crippen LogP contribution in [-0.4, -0.2) is 55.1 Å². The predicted octanol–water partition coefficient (Wildman–Crippen LogP) is 1.67. The number of hydrogen-bond acceptors (Lipinski definition) is 3. The normalized spacial score (nSPS) is 36.3. The fraction of sp³-hybridized carbons (Fsp3) is 1.00. The maximum absolute atomic E-state index is 5.97. The van der Waals surface area contributed by atoms with Crippen LogP contribution in [-0.2, 0) is 0 Å². The van der Waals surface area contributed by atoms with E-state index in [9.17, 15) is 0 Å². The topological polar surface area (TPSA) is 32.5 Å².